The number of amides is 1. The molecule has 0 aliphatic rings. The van der Waals surface area contributed by atoms with E-state index in [1.54, 1.807) is 25.1 Å². The molecule has 116 valence electrons. The lowest BCUT2D eigenvalue weighted by atomic mass is 10.1. The Morgan fingerprint density at radius 2 is 1.86 bits per heavy atom. The van der Waals surface area contributed by atoms with Crippen LogP contribution in [0.5, 0.6) is 17.2 Å². The molecule has 0 aliphatic carbocycles. The number of rotatable bonds is 5. The highest BCUT2D eigenvalue weighted by molar-refractivity contribution is 5.78. The van der Waals surface area contributed by atoms with E-state index in [-0.39, 0.29) is 23.8 Å². The highest BCUT2D eigenvalue weighted by Crippen LogP contribution is 2.25. The van der Waals surface area contributed by atoms with Crippen LogP contribution in [-0.4, -0.2) is 35.2 Å². The van der Waals surface area contributed by atoms with Gasteiger partial charge < -0.3 is 19.8 Å². The second kappa shape index (κ2) is 6.85. The number of aromatic hydroxyl groups is 2. The van der Waals surface area contributed by atoms with Crippen LogP contribution in [0.25, 0.3) is 0 Å². The lowest BCUT2D eigenvalue weighted by Crippen LogP contribution is -2.27. The van der Waals surface area contributed by atoms with Crippen molar-refractivity contribution in [3.05, 3.63) is 53.6 Å². The van der Waals surface area contributed by atoms with Crippen LogP contribution >= 0.6 is 0 Å². The monoisotopic (exact) mass is 301 g/mol. The number of likely N-dealkylation sites (N-methyl/N-ethyl adjacent to an activating group) is 1. The molecule has 0 saturated heterocycles. The van der Waals surface area contributed by atoms with Gasteiger partial charge in [-0.3, -0.25) is 4.79 Å². The molecule has 2 aromatic rings. The fraction of sp³-hybridized carbons (Fsp3) is 0.235. The summed E-state index contributed by atoms with van der Waals surface area (Å²) in [5.41, 5.74) is 1.63. The van der Waals surface area contributed by atoms with Gasteiger partial charge in [-0.15, -0.1) is 0 Å². The lowest BCUT2D eigenvalue weighted by Gasteiger charge is -2.18. The summed E-state index contributed by atoms with van der Waals surface area (Å²) in [5.74, 6) is 0.261. The molecule has 2 N–H and O–H groups in total. The number of nitrogens with zero attached hydrogens (tertiary/aromatic N) is 1. The van der Waals surface area contributed by atoms with Gasteiger partial charge in [0.1, 0.15) is 5.75 Å². The number of ether oxygens (including phenoxy) is 1. The number of benzene rings is 2. The van der Waals surface area contributed by atoms with Crippen LogP contribution in [0.4, 0.5) is 0 Å². The van der Waals surface area contributed by atoms with Gasteiger partial charge in [0.15, 0.2) is 11.5 Å². The zero-order valence-corrected chi connectivity index (χ0v) is 12.6. The van der Waals surface area contributed by atoms with Gasteiger partial charge in [-0.25, -0.2) is 0 Å². The Bertz CT molecular complexity index is 669. The predicted octanol–water partition coefficient (Wildman–Crippen LogP) is 2.31. The van der Waals surface area contributed by atoms with Crippen LogP contribution < -0.4 is 4.74 Å². The molecular formula is C17H19NO4. The van der Waals surface area contributed by atoms with Gasteiger partial charge in [0.25, 0.3) is 0 Å². The van der Waals surface area contributed by atoms with Crippen molar-refractivity contribution in [2.75, 3.05) is 14.2 Å². The number of carbonyl (C=O) groups is 1. The Balaban J connectivity index is 2.00. The van der Waals surface area contributed by atoms with Crippen LogP contribution in [0.3, 0.4) is 0 Å². The summed E-state index contributed by atoms with van der Waals surface area (Å²) in [4.78, 5) is 13.8. The van der Waals surface area contributed by atoms with Gasteiger partial charge in [-0.05, 0) is 35.4 Å². The SMILES string of the molecule is COc1cccc(CN(C)C(=O)Cc2ccc(O)c(O)c2)c1. The summed E-state index contributed by atoms with van der Waals surface area (Å²) >= 11 is 0. The number of hydrogen-bond donors (Lipinski definition) is 2. The molecule has 0 atom stereocenters. The molecule has 0 fully saturated rings. The van der Waals surface area contributed by atoms with Gasteiger partial charge in [0.2, 0.25) is 5.91 Å². The molecule has 0 aromatic heterocycles. The molecule has 0 bridgehead atoms. The predicted molar refractivity (Wildman–Crippen MR) is 82.9 cm³/mol. The van der Waals surface area contributed by atoms with Gasteiger partial charge in [-0.2, -0.15) is 0 Å². The Morgan fingerprint density at radius 3 is 2.55 bits per heavy atom. The average Bonchev–Trinajstić information content (AvgIpc) is 2.51. The molecule has 0 unspecified atom stereocenters. The van der Waals surface area contributed by atoms with Crippen molar-refractivity contribution < 1.29 is 19.7 Å². The van der Waals surface area contributed by atoms with Crippen LogP contribution in [0.15, 0.2) is 42.5 Å². The van der Waals surface area contributed by atoms with Crippen molar-refractivity contribution in [3.63, 3.8) is 0 Å². The molecule has 0 aliphatic heterocycles. The van der Waals surface area contributed by atoms with E-state index in [0.29, 0.717) is 12.1 Å². The largest absolute Gasteiger partial charge is 0.504 e. The highest BCUT2D eigenvalue weighted by Gasteiger charge is 2.12. The normalized spacial score (nSPS) is 10.3. The van der Waals surface area contributed by atoms with Crippen molar-refractivity contribution in [2.45, 2.75) is 13.0 Å². The summed E-state index contributed by atoms with van der Waals surface area (Å²) < 4.78 is 5.16. The van der Waals surface area contributed by atoms with E-state index in [9.17, 15) is 15.0 Å². The maximum atomic E-state index is 12.2. The van der Waals surface area contributed by atoms with E-state index < -0.39 is 0 Å². The number of carbonyl (C=O) groups excluding carboxylic acids is 1. The minimum Gasteiger partial charge on any atom is -0.504 e. The van der Waals surface area contributed by atoms with Gasteiger partial charge >= 0.3 is 0 Å². The number of phenols is 2. The van der Waals surface area contributed by atoms with Gasteiger partial charge in [-0.1, -0.05) is 18.2 Å². The van der Waals surface area contributed by atoms with Crippen LogP contribution in [0, 0.1) is 0 Å². The minimum absolute atomic E-state index is 0.0760. The van der Waals surface area contributed by atoms with E-state index in [0.717, 1.165) is 11.3 Å². The van der Waals surface area contributed by atoms with E-state index in [4.69, 9.17) is 4.74 Å². The van der Waals surface area contributed by atoms with Crippen molar-refractivity contribution in [3.8, 4) is 17.2 Å². The summed E-state index contributed by atoms with van der Waals surface area (Å²) in [6, 6.07) is 11.9. The Labute approximate surface area is 129 Å². The molecule has 22 heavy (non-hydrogen) atoms. The molecular weight excluding hydrogens is 282 g/mol. The van der Waals surface area contributed by atoms with Crippen molar-refractivity contribution in [2.24, 2.45) is 0 Å². The van der Waals surface area contributed by atoms with Crippen LogP contribution in [0.2, 0.25) is 0 Å². The molecule has 0 heterocycles. The zero-order valence-electron chi connectivity index (χ0n) is 12.6. The van der Waals surface area contributed by atoms with E-state index >= 15 is 0 Å². The van der Waals surface area contributed by atoms with Crippen molar-refractivity contribution in [1.82, 2.24) is 4.90 Å². The topological polar surface area (TPSA) is 70.0 Å². The quantitative estimate of drug-likeness (QED) is 0.831. The second-order valence-corrected chi connectivity index (χ2v) is 5.10. The standard InChI is InChI=1S/C17H19NO4/c1-18(11-13-4-3-5-14(8-13)22-2)17(21)10-12-6-7-15(19)16(20)9-12/h3-9,19-20H,10-11H2,1-2H3. The smallest absolute Gasteiger partial charge is 0.227 e. The Kier molecular flexibility index (Phi) is 4.88. The van der Waals surface area contributed by atoms with E-state index in [1.807, 2.05) is 24.3 Å². The van der Waals surface area contributed by atoms with Crippen LogP contribution in [-0.2, 0) is 17.8 Å². The maximum Gasteiger partial charge on any atom is 0.227 e. The molecule has 5 nitrogen and oxygen atoms in total. The fourth-order valence-corrected chi connectivity index (χ4v) is 2.12. The molecule has 1 amide bonds. The molecule has 0 saturated carbocycles. The van der Waals surface area contributed by atoms with Gasteiger partial charge in [0, 0.05) is 13.6 Å². The molecule has 0 radical (unpaired) electrons. The number of phenolic OH excluding ortho intramolecular Hbond substituents is 2. The average molecular weight is 301 g/mol. The third kappa shape index (κ3) is 3.91. The fourth-order valence-electron chi connectivity index (χ4n) is 2.12. The second-order valence-electron chi connectivity index (χ2n) is 5.10. The van der Waals surface area contributed by atoms with E-state index in [2.05, 4.69) is 0 Å². The molecule has 0 spiro atoms. The highest BCUT2D eigenvalue weighted by atomic mass is 16.5. The molecule has 2 aromatic carbocycles. The Morgan fingerprint density at radius 1 is 1.09 bits per heavy atom. The number of methoxy groups -OCH3 is 1. The molecule has 5 heteroatoms. The first-order valence-corrected chi connectivity index (χ1v) is 6.87. The van der Waals surface area contributed by atoms with Crippen molar-refractivity contribution in [1.29, 1.82) is 0 Å². The Hall–Kier alpha value is -2.69. The third-order valence-electron chi connectivity index (χ3n) is 3.37. The minimum atomic E-state index is -0.222. The first-order valence-electron chi connectivity index (χ1n) is 6.87. The summed E-state index contributed by atoms with van der Waals surface area (Å²) in [6.07, 6.45) is 0.161. The summed E-state index contributed by atoms with van der Waals surface area (Å²) in [5, 5.41) is 18.7. The number of hydrogen-bond acceptors (Lipinski definition) is 4. The van der Waals surface area contributed by atoms with Gasteiger partial charge in [0.05, 0.1) is 13.5 Å². The van der Waals surface area contributed by atoms with Crippen LogP contribution in [0.1, 0.15) is 11.1 Å². The van der Waals surface area contributed by atoms with E-state index in [1.165, 1.54) is 12.1 Å². The third-order valence-corrected chi connectivity index (χ3v) is 3.37. The first-order chi connectivity index (χ1) is 10.5. The maximum absolute atomic E-state index is 12.2. The summed E-state index contributed by atoms with van der Waals surface area (Å²) in [7, 11) is 3.33. The zero-order chi connectivity index (χ0) is 16.1. The lowest BCUT2D eigenvalue weighted by molar-refractivity contribution is -0.129. The molecule has 2 rings (SSSR count). The van der Waals surface area contributed by atoms with Crippen molar-refractivity contribution >= 4 is 5.91 Å². The first kappa shape index (κ1) is 15.7. The summed E-state index contributed by atoms with van der Waals surface area (Å²) in [6.45, 7) is 0.472.